The number of nitrogens with one attached hydrogen (secondary N) is 2. The molecule has 0 radical (unpaired) electrons. The average molecular weight is 331 g/mol. The van der Waals surface area contributed by atoms with E-state index in [2.05, 4.69) is 10.6 Å². The molecule has 2 aromatic rings. The van der Waals surface area contributed by atoms with E-state index >= 15 is 0 Å². The van der Waals surface area contributed by atoms with Crippen LogP contribution in [0.25, 0.3) is 0 Å². The van der Waals surface area contributed by atoms with Crippen LogP contribution in [0.5, 0.6) is 0 Å². The normalized spacial score (nSPS) is 10.1. The lowest BCUT2D eigenvalue weighted by Gasteiger charge is -2.10. The Labute approximate surface area is 136 Å². The number of hydrogen-bond acceptors (Lipinski definition) is 4. The number of carbonyl (C=O) groups is 2. The van der Waals surface area contributed by atoms with Crippen LogP contribution in [0, 0.1) is 22.9 Å². The first-order valence-corrected chi connectivity index (χ1v) is 6.92. The molecule has 7 nitrogen and oxygen atoms in total. The Kier molecular flexibility index (Phi) is 4.88. The van der Waals surface area contributed by atoms with E-state index in [4.69, 9.17) is 0 Å². The number of nitro benzene ring substituents is 1. The van der Waals surface area contributed by atoms with Crippen LogP contribution in [-0.2, 0) is 4.79 Å². The zero-order valence-corrected chi connectivity index (χ0v) is 12.9. The lowest BCUT2D eigenvalue weighted by molar-refractivity contribution is -0.385. The van der Waals surface area contributed by atoms with Crippen molar-refractivity contribution in [2.75, 3.05) is 10.6 Å². The fourth-order valence-electron chi connectivity index (χ4n) is 2.16. The maximum absolute atomic E-state index is 13.9. The molecule has 0 bridgehead atoms. The monoisotopic (exact) mass is 331 g/mol. The van der Waals surface area contributed by atoms with Crippen LogP contribution in [0.4, 0.5) is 21.5 Å². The van der Waals surface area contributed by atoms with Crippen LogP contribution in [0.15, 0.2) is 36.4 Å². The third-order valence-corrected chi connectivity index (χ3v) is 3.28. The Hall–Kier alpha value is -3.29. The van der Waals surface area contributed by atoms with Gasteiger partial charge in [0, 0.05) is 29.8 Å². The first kappa shape index (κ1) is 17.1. The van der Waals surface area contributed by atoms with E-state index in [0.717, 1.165) is 6.07 Å². The minimum atomic E-state index is -0.694. The van der Waals surface area contributed by atoms with E-state index < -0.39 is 16.6 Å². The molecular formula is C16H14FN3O4. The van der Waals surface area contributed by atoms with Crippen LogP contribution in [-0.4, -0.2) is 16.7 Å². The summed E-state index contributed by atoms with van der Waals surface area (Å²) in [6.45, 7) is 2.74. The molecule has 8 heteroatoms. The molecule has 0 aliphatic rings. The average Bonchev–Trinajstić information content (AvgIpc) is 2.49. The number of nitro groups is 1. The molecule has 2 aromatic carbocycles. The van der Waals surface area contributed by atoms with Gasteiger partial charge in [-0.2, -0.15) is 0 Å². The molecule has 124 valence electrons. The van der Waals surface area contributed by atoms with Crippen molar-refractivity contribution in [1.29, 1.82) is 0 Å². The van der Waals surface area contributed by atoms with Crippen LogP contribution in [0.3, 0.4) is 0 Å². The van der Waals surface area contributed by atoms with E-state index in [1.807, 2.05) is 0 Å². The number of rotatable bonds is 4. The number of amides is 2. The fourth-order valence-corrected chi connectivity index (χ4v) is 2.16. The van der Waals surface area contributed by atoms with Gasteiger partial charge >= 0.3 is 0 Å². The van der Waals surface area contributed by atoms with Gasteiger partial charge in [0.1, 0.15) is 5.82 Å². The predicted octanol–water partition coefficient (Wildman–Crippen LogP) is 3.25. The first-order chi connectivity index (χ1) is 11.3. The smallest absolute Gasteiger partial charge is 0.273 e. The largest absolute Gasteiger partial charge is 0.326 e. The molecule has 0 aliphatic heterocycles. The van der Waals surface area contributed by atoms with Gasteiger partial charge in [0.2, 0.25) is 5.91 Å². The Morgan fingerprint density at radius 2 is 1.88 bits per heavy atom. The number of benzene rings is 2. The van der Waals surface area contributed by atoms with E-state index in [-0.39, 0.29) is 28.4 Å². The molecule has 24 heavy (non-hydrogen) atoms. The van der Waals surface area contributed by atoms with Crippen LogP contribution < -0.4 is 10.6 Å². The maximum Gasteiger partial charge on any atom is 0.273 e. The van der Waals surface area contributed by atoms with Crippen molar-refractivity contribution in [3.8, 4) is 0 Å². The zero-order chi connectivity index (χ0) is 17.9. The summed E-state index contributed by atoms with van der Waals surface area (Å²) in [7, 11) is 0. The molecule has 0 atom stereocenters. The molecule has 0 aliphatic carbocycles. The van der Waals surface area contributed by atoms with Crippen LogP contribution in [0.1, 0.15) is 22.8 Å². The summed E-state index contributed by atoms with van der Waals surface area (Å²) in [4.78, 5) is 33.7. The van der Waals surface area contributed by atoms with Gasteiger partial charge in [-0.05, 0) is 31.2 Å². The quantitative estimate of drug-likeness (QED) is 0.663. The highest BCUT2D eigenvalue weighted by molar-refractivity contribution is 6.06. The van der Waals surface area contributed by atoms with Crippen molar-refractivity contribution in [2.24, 2.45) is 0 Å². The van der Waals surface area contributed by atoms with E-state index in [0.29, 0.717) is 5.69 Å². The Morgan fingerprint density at radius 1 is 1.17 bits per heavy atom. The summed E-state index contributed by atoms with van der Waals surface area (Å²) in [6.07, 6.45) is 0. The Bertz CT molecular complexity index is 836. The molecular weight excluding hydrogens is 317 g/mol. The number of anilines is 2. The standard InChI is InChI=1S/C16H14FN3O4/c1-9-12(4-3-5-15(9)20(23)24)16(22)19-14-8-11(18-10(2)21)6-7-13(14)17/h3-8H,1-2H3,(H,18,21)(H,19,22). The van der Waals surface area contributed by atoms with Gasteiger partial charge in [0.15, 0.2) is 0 Å². The zero-order valence-electron chi connectivity index (χ0n) is 12.9. The molecule has 0 unspecified atom stereocenters. The van der Waals surface area contributed by atoms with Gasteiger partial charge in [-0.1, -0.05) is 6.07 Å². The molecule has 2 amide bonds. The number of halogens is 1. The van der Waals surface area contributed by atoms with Crippen LogP contribution in [0.2, 0.25) is 0 Å². The summed E-state index contributed by atoms with van der Waals surface area (Å²) in [5, 5.41) is 15.8. The van der Waals surface area contributed by atoms with Crippen molar-refractivity contribution in [1.82, 2.24) is 0 Å². The van der Waals surface area contributed by atoms with E-state index in [1.165, 1.54) is 44.2 Å². The van der Waals surface area contributed by atoms with Gasteiger partial charge < -0.3 is 10.6 Å². The lowest BCUT2D eigenvalue weighted by Crippen LogP contribution is -2.15. The minimum Gasteiger partial charge on any atom is -0.326 e. The highest BCUT2D eigenvalue weighted by Crippen LogP contribution is 2.24. The summed E-state index contributed by atoms with van der Waals surface area (Å²) in [6, 6.07) is 7.79. The van der Waals surface area contributed by atoms with E-state index in [9.17, 15) is 24.1 Å². The number of hydrogen-bond donors (Lipinski definition) is 2. The molecule has 0 aromatic heterocycles. The maximum atomic E-state index is 13.9. The SMILES string of the molecule is CC(=O)Nc1ccc(F)c(NC(=O)c2cccc([N+](=O)[O-])c2C)c1. The van der Waals surface area contributed by atoms with Crippen LogP contribution >= 0.6 is 0 Å². The second kappa shape index (κ2) is 6.86. The summed E-state index contributed by atoms with van der Waals surface area (Å²) >= 11 is 0. The van der Waals surface area contributed by atoms with Crippen molar-refractivity contribution in [3.63, 3.8) is 0 Å². The Morgan fingerprint density at radius 3 is 2.50 bits per heavy atom. The second-order valence-electron chi connectivity index (χ2n) is 5.04. The number of carbonyl (C=O) groups excluding carboxylic acids is 2. The fraction of sp³-hybridized carbons (Fsp3) is 0.125. The molecule has 0 heterocycles. The van der Waals surface area contributed by atoms with Crippen molar-refractivity contribution in [3.05, 3.63) is 63.5 Å². The molecule has 0 fully saturated rings. The Balaban J connectivity index is 2.32. The second-order valence-corrected chi connectivity index (χ2v) is 5.04. The van der Waals surface area contributed by atoms with Gasteiger partial charge in [-0.25, -0.2) is 4.39 Å². The van der Waals surface area contributed by atoms with Gasteiger partial charge in [-0.15, -0.1) is 0 Å². The van der Waals surface area contributed by atoms with Crippen molar-refractivity contribution in [2.45, 2.75) is 13.8 Å². The number of nitrogens with zero attached hydrogens (tertiary/aromatic N) is 1. The van der Waals surface area contributed by atoms with Crippen molar-refractivity contribution < 1.29 is 18.9 Å². The molecule has 0 spiro atoms. The van der Waals surface area contributed by atoms with Gasteiger partial charge in [0.05, 0.1) is 10.6 Å². The van der Waals surface area contributed by atoms with Crippen molar-refractivity contribution >= 4 is 28.9 Å². The summed E-state index contributed by atoms with van der Waals surface area (Å²) in [5.74, 6) is -1.72. The topological polar surface area (TPSA) is 101 Å². The highest BCUT2D eigenvalue weighted by atomic mass is 19.1. The molecule has 0 saturated carbocycles. The third-order valence-electron chi connectivity index (χ3n) is 3.28. The van der Waals surface area contributed by atoms with E-state index in [1.54, 1.807) is 0 Å². The predicted molar refractivity (Wildman–Crippen MR) is 86.5 cm³/mol. The third kappa shape index (κ3) is 3.72. The molecule has 2 rings (SSSR count). The summed E-state index contributed by atoms with van der Waals surface area (Å²) < 4.78 is 13.9. The molecule has 0 saturated heterocycles. The highest BCUT2D eigenvalue weighted by Gasteiger charge is 2.19. The van der Waals surface area contributed by atoms with Gasteiger partial charge in [-0.3, -0.25) is 19.7 Å². The van der Waals surface area contributed by atoms with Gasteiger partial charge in [0.25, 0.3) is 11.6 Å². The molecule has 2 N–H and O–H groups in total. The first-order valence-electron chi connectivity index (χ1n) is 6.92. The lowest BCUT2D eigenvalue weighted by atomic mass is 10.1. The minimum absolute atomic E-state index is 0.0635. The summed E-state index contributed by atoms with van der Waals surface area (Å²) in [5.41, 5.74) is 0.217.